The van der Waals surface area contributed by atoms with E-state index in [1.807, 2.05) is 0 Å². The number of carbonyl (C=O) groups excluding carboxylic acids is 1. The van der Waals surface area contributed by atoms with Crippen molar-refractivity contribution in [2.24, 2.45) is 0 Å². The van der Waals surface area contributed by atoms with E-state index in [4.69, 9.17) is 0 Å². The highest BCUT2D eigenvalue weighted by molar-refractivity contribution is 7.93. The summed E-state index contributed by atoms with van der Waals surface area (Å²) >= 11 is 0. The molecule has 3 rings (SSSR count). The molecule has 1 saturated heterocycles. The molecule has 0 aliphatic carbocycles. The maximum atomic E-state index is 12.4. The van der Waals surface area contributed by atoms with Crippen molar-refractivity contribution >= 4 is 27.3 Å². The zero-order valence-corrected chi connectivity index (χ0v) is 14.2. The highest BCUT2D eigenvalue weighted by atomic mass is 32.2. The van der Waals surface area contributed by atoms with Gasteiger partial charge in [-0.1, -0.05) is 0 Å². The average molecular weight is 350 g/mol. The van der Waals surface area contributed by atoms with Crippen molar-refractivity contribution in [2.75, 3.05) is 21.9 Å². The van der Waals surface area contributed by atoms with Gasteiger partial charge in [0.25, 0.3) is 5.91 Å². The van der Waals surface area contributed by atoms with Crippen LogP contribution in [0.5, 0.6) is 0 Å². The molecule has 1 N–H and O–H groups in total. The van der Waals surface area contributed by atoms with Crippen molar-refractivity contribution < 1.29 is 13.2 Å². The Labute approximate surface area is 139 Å². The summed E-state index contributed by atoms with van der Waals surface area (Å²) in [6.45, 7) is 3.88. The van der Waals surface area contributed by atoms with Crippen LogP contribution in [0.25, 0.3) is 0 Å². The lowest BCUT2D eigenvalue weighted by atomic mass is 10.1. The van der Waals surface area contributed by atoms with Crippen molar-refractivity contribution in [1.82, 2.24) is 20.2 Å². The van der Waals surface area contributed by atoms with Gasteiger partial charge in [0.05, 0.1) is 11.4 Å². The van der Waals surface area contributed by atoms with Gasteiger partial charge >= 0.3 is 0 Å². The van der Waals surface area contributed by atoms with Crippen LogP contribution in [-0.2, 0) is 20.4 Å². The van der Waals surface area contributed by atoms with Crippen molar-refractivity contribution in [3.63, 3.8) is 0 Å². The third kappa shape index (κ3) is 2.96. The molecule has 1 amide bonds. The minimum Gasteiger partial charge on any atom is -0.324 e. The lowest BCUT2D eigenvalue weighted by molar-refractivity contribution is -0.123. The standard InChI is InChI=1S/C14H18N6O3S/c1-14(2,20-10-15-17-18-20)13(21)16-11-4-6-12(7-5-11)19-8-3-9-24(19,22)23/h4-7,10H,3,8-9H2,1-2H3,(H,16,21). The van der Waals surface area contributed by atoms with Gasteiger partial charge < -0.3 is 5.32 Å². The number of tetrazole rings is 1. The van der Waals surface area contributed by atoms with E-state index in [2.05, 4.69) is 20.8 Å². The fraction of sp³-hybridized carbons (Fsp3) is 0.429. The Morgan fingerprint density at radius 1 is 1.25 bits per heavy atom. The second-order valence-electron chi connectivity index (χ2n) is 6.06. The Balaban J connectivity index is 1.74. The van der Waals surface area contributed by atoms with Gasteiger partial charge in [0.15, 0.2) is 0 Å². The summed E-state index contributed by atoms with van der Waals surface area (Å²) in [6, 6.07) is 6.72. The van der Waals surface area contributed by atoms with Gasteiger partial charge in [-0.3, -0.25) is 9.10 Å². The van der Waals surface area contributed by atoms with E-state index in [-0.39, 0.29) is 11.7 Å². The predicted octanol–water partition coefficient (Wildman–Crippen LogP) is 0.587. The molecule has 1 aliphatic rings. The molecule has 10 heteroatoms. The monoisotopic (exact) mass is 350 g/mol. The van der Waals surface area contributed by atoms with E-state index in [1.54, 1.807) is 38.1 Å². The Kier molecular flexibility index (Phi) is 3.99. The van der Waals surface area contributed by atoms with Crippen LogP contribution in [0.1, 0.15) is 20.3 Å². The minimum atomic E-state index is -3.21. The molecular formula is C14H18N6O3S. The van der Waals surface area contributed by atoms with Gasteiger partial charge in [-0.2, -0.15) is 0 Å². The highest BCUT2D eigenvalue weighted by Gasteiger charge is 2.31. The first-order chi connectivity index (χ1) is 11.3. The van der Waals surface area contributed by atoms with Crippen molar-refractivity contribution in [3.05, 3.63) is 30.6 Å². The molecule has 2 aromatic rings. The van der Waals surface area contributed by atoms with Crippen LogP contribution < -0.4 is 9.62 Å². The second-order valence-corrected chi connectivity index (χ2v) is 8.07. The van der Waals surface area contributed by atoms with Gasteiger partial charge in [0.2, 0.25) is 10.0 Å². The summed E-state index contributed by atoms with van der Waals surface area (Å²) in [5.41, 5.74) is 0.215. The van der Waals surface area contributed by atoms with E-state index in [0.717, 1.165) is 0 Å². The van der Waals surface area contributed by atoms with Crippen LogP contribution in [0.2, 0.25) is 0 Å². The summed E-state index contributed by atoms with van der Waals surface area (Å²) in [4.78, 5) is 12.4. The number of aromatic nitrogens is 4. The summed E-state index contributed by atoms with van der Waals surface area (Å²) in [6.07, 6.45) is 2.00. The second kappa shape index (κ2) is 5.86. The number of rotatable bonds is 4. The maximum Gasteiger partial charge on any atom is 0.251 e. The van der Waals surface area contributed by atoms with E-state index in [1.165, 1.54) is 15.3 Å². The number of benzene rings is 1. The zero-order valence-electron chi connectivity index (χ0n) is 13.4. The fourth-order valence-electron chi connectivity index (χ4n) is 2.45. The third-order valence-corrected chi connectivity index (χ3v) is 5.86. The van der Waals surface area contributed by atoms with Crippen molar-refractivity contribution in [2.45, 2.75) is 25.8 Å². The number of hydrogen-bond donors (Lipinski definition) is 1. The molecule has 0 bridgehead atoms. The Morgan fingerprint density at radius 2 is 1.96 bits per heavy atom. The Morgan fingerprint density at radius 3 is 2.50 bits per heavy atom. The molecular weight excluding hydrogens is 332 g/mol. The summed E-state index contributed by atoms with van der Waals surface area (Å²) in [5.74, 6) is -0.109. The number of hydrogen-bond acceptors (Lipinski definition) is 6. The third-order valence-electron chi connectivity index (χ3n) is 3.99. The van der Waals surface area contributed by atoms with Crippen LogP contribution >= 0.6 is 0 Å². The predicted molar refractivity (Wildman–Crippen MR) is 88.0 cm³/mol. The molecule has 0 saturated carbocycles. The molecule has 2 heterocycles. The van der Waals surface area contributed by atoms with Crippen LogP contribution in [0.15, 0.2) is 30.6 Å². The molecule has 0 atom stereocenters. The molecule has 1 fully saturated rings. The summed E-state index contributed by atoms with van der Waals surface area (Å²) < 4.78 is 26.6. The van der Waals surface area contributed by atoms with Gasteiger partial charge in [-0.15, -0.1) is 5.10 Å². The normalized spacial score (nSPS) is 17.0. The van der Waals surface area contributed by atoms with Gasteiger partial charge in [-0.25, -0.2) is 13.1 Å². The molecule has 128 valence electrons. The first-order valence-corrected chi connectivity index (χ1v) is 9.07. The van der Waals surface area contributed by atoms with Crippen LogP contribution in [0.4, 0.5) is 11.4 Å². The minimum absolute atomic E-state index is 0.172. The summed E-state index contributed by atoms with van der Waals surface area (Å²) in [5, 5.41) is 13.6. The number of amides is 1. The van der Waals surface area contributed by atoms with E-state index < -0.39 is 15.6 Å². The van der Waals surface area contributed by atoms with E-state index >= 15 is 0 Å². The van der Waals surface area contributed by atoms with Crippen LogP contribution in [0.3, 0.4) is 0 Å². The molecule has 0 unspecified atom stereocenters. The van der Waals surface area contributed by atoms with Crippen molar-refractivity contribution in [1.29, 1.82) is 0 Å². The fourth-order valence-corrected chi connectivity index (χ4v) is 4.01. The lowest BCUT2D eigenvalue weighted by Gasteiger charge is -2.23. The van der Waals surface area contributed by atoms with Crippen LogP contribution in [0, 0.1) is 0 Å². The first-order valence-electron chi connectivity index (χ1n) is 7.46. The number of carbonyl (C=O) groups is 1. The lowest BCUT2D eigenvalue weighted by Crippen LogP contribution is -2.40. The smallest absolute Gasteiger partial charge is 0.251 e. The zero-order chi connectivity index (χ0) is 17.4. The molecule has 1 aromatic carbocycles. The molecule has 9 nitrogen and oxygen atoms in total. The van der Waals surface area contributed by atoms with E-state index in [0.29, 0.717) is 24.3 Å². The maximum absolute atomic E-state index is 12.4. The topological polar surface area (TPSA) is 110 Å². The largest absolute Gasteiger partial charge is 0.324 e. The summed E-state index contributed by atoms with van der Waals surface area (Å²) in [7, 11) is -3.21. The SMILES string of the molecule is CC(C)(C(=O)Nc1ccc(N2CCCS2(=O)=O)cc1)n1cnnn1. The number of anilines is 2. The van der Waals surface area contributed by atoms with Crippen LogP contribution in [-0.4, -0.2) is 46.8 Å². The van der Waals surface area contributed by atoms with Gasteiger partial charge in [0.1, 0.15) is 11.9 Å². The Bertz CT molecular complexity index is 830. The molecule has 1 aliphatic heterocycles. The average Bonchev–Trinajstić information content (AvgIpc) is 3.17. The van der Waals surface area contributed by atoms with Gasteiger partial charge in [0, 0.05) is 12.2 Å². The van der Waals surface area contributed by atoms with Gasteiger partial charge in [-0.05, 0) is 55.0 Å². The number of sulfonamides is 1. The number of nitrogens with one attached hydrogen (secondary N) is 1. The molecule has 0 spiro atoms. The van der Waals surface area contributed by atoms with E-state index in [9.17, 15) is 13.2 Å². The highest BCUT2D eigenvalue weighted by Crippen LogP contribution is 2.26. The first kappa shape index (κ1) is 16.4. The number of nitrogens with zero attached hydrogens (tertiary/aromatic N) is 5. The molecule has 0 radical (unpaired) electrons. The van der Waals surface area contributed by atoms with Crippen molar-refractivity contribution in [3.8, 4) is 0 Å². The quantitative estimate of drug-likeness (QED) is 0.864. The molecule has 24 heavy (non-hydrogen) atoms. The Hall–Kier alpha value is -2.49. The molecule has 1 aromatic heterocycles.